The molecule has 0 fully saturated rings. The van der Waals surface area contributed by atoms with Crippen LogP contribution in [0.2, 0.25) is 0 Å². The molecule has 0 aliphatic heterocycles. The lowest BCUT2D eigenvalue weighted by molar-refractivity contribution is -0.137. The van der Waals surface area contributed by atoms with Gasteiger partial charge in [0.05, 0.1) is 11.7 Å². The fourth-order valence-electron chi connectivity index (χ4n) is 2.14. The molecule has 0 saturated carbocycles. The van der Waals surface area contributed by atoms with E-state index in [1.165, 1.54) is 18.2 Å². The summed E-state index contributed by atoms with van der Waals surface area (Å²) in [5.41, 5.74) is 0.498. The molecule has 2 N–H and O–H groups in total. The van der Waals surface area contributed by atoms with Crippen molar-refractivity contribution in [3.05, 3.63) is 71.3 Å². The van der Waals surface area contributed by atoms with E-state index in [9.17, 15) is 23.1 Å². The molecule has 1 amide bonds. The number of carbonyl (C=O) groups is 1. The lowest BCUT2D eigenvalue weighted by Crippen LogP contribution is -2.10. The highest BCUT2D eigenvalue weighted by Crippen LogP contribution is 2.29. The van der Waals surface area contributed by atoms with E-state index < -0.39 is 23.8 Å². The van der Waals surface area contributed by atoms with Gasteiger partial charge in [-0.15, -0.1) is 0 Å². The first-order valence-electron chi connectivity index (χ1n) is 7.20. The molecule has 0 heterocycles. The molecule has 1 atom stereocenters. The summed E-state index contributed by atoms with van der Waals surface area (Å²) in [5, 5.41) is 12.3. The Kier molecular flexibility index (Phi) is 5.41. The molecule has 0 spiro atoms. The summed E-state index contributed by atoms with van der Waals surface area (Å²) < 4.78 is 37.9. The Morgan fingerprint density at radius 2 is 1.88 bits per heavy atom. The van der Waals surface area contributed by atoms with Gasteiger partial charge < -0.3 is 10.4 Å². The topological polar surface area (TPSA) is 49.3 Å². The Morgan fingerprint density at radius 1 is 1.17 bits per heavy atom. The van der Waals surface area contributed by atoms with E-state index >= 15 is 0 Å². The molecule has 3 nitrogen and oxygen atoms in total. The standard InChI is InChI=1S/C18H16F3NO2/c1-12(23)15-7-2-3-8-16(15)22-17(24)10-9-13-5-4-6-14(11-13)18(19,20)21/h2-12,23H,1H3,(H,22,24)/b10-9+. The fourth-order valence-corrected chi connectivity index (χ4v) is 2.14. The number of para-hydroxylation sites is 1. The number of nitrogens with one attached hydrogen (secondary N) is 1. The van der Waals surface area contributed by atoms with Crippen LogP contribution in [0, 0.1) is 0 Å². The molecule has 6 heteroatoms. The van der Waals surface area contributed by atoms with Crippen molar-refractivity contribution in [3.8, 4) is 0 Å². The average Bonchev–Trinajstić information content (AvgIpc) is 2.53. The van der Waals surface area contributed by atoms with Gasteiger partial charge in [-0.1, -0.05) is 30.3 Å². The molecule has 0 aliphatic carbocycles. The van der Waals surface area contributed by atoms with Crippen molar-refractivity contribution in [2.75, 3.05) is 5.32 Å². The van der Waals surface area contributed by atoms with E-state index in [0.717, 1.165) is 18.2 Å². The number of anilines is 1. The zero-order chi connectivity index (χ0) is 17.7. The Hall–Kier alpha value is -2.60. The van der Waals surface area contributed by atoms with Crippen LogP contribution in [0.5, 0.6) is 0 Å². The molecule has 2 aromatic carbocycles. The Balaban J connectivity index is 2.12. The van der Waals surface area contributed by atoms with E-state index in [4.69, 9.17) is 0 Å². The van der Waals surface area contributed by atoms with Gasteiger partial charge in [0.15, 0.2) is 0 Å². The van der Waals surface area contributed by atoms with Crippen LogP contribution in [-0.2, 0) is 11.0 Å². The second-order valence-corrected chi connectivity index (χ2v) is 5.21. The van der Waals surface area contributed by atoms with Crippen molar-refractivity contribution in [2.45, 2.75) is 19.2 Å². The first kappa shape index (κ1) is 17.7. The smallest absolute Gasteiger partial charge is 0.389 e. The van der Waals surface area contributed by atoms with Crippen LogP contribution in [0.3, 0.4) is 0 Å². The van der Waals surface area contributed by atoms with Gasteiger partial charge in [-0.05, 0) is 36.8 Å². The Bertz CT molecular complexity index is 752. The first-order chi connectivity index (χ1) is 11.3. The van der Waals surface area contributed by atoms with Crippen molar-refractivity contribution in [2.24, 2.45) is 0 Å². The fraction of sp³-hybridized carbons (Fsp3) is 0.167. The number of halogens is 3. The van der Waals surface area contributed by atoms with Gasteiger partial charge >= 0.3 is 6.18 Å². The highest BCUT2D eigenvalue weighted by Gasteiger charge is 2.30. The van der Waals surface area contributed by atoms with Crippen molar-refractivity contribution >= 4 is 17.7 Å². The van der Waals surface area contributed by atoms with Crippen LogP contribution in [0.1, 0.15) is 29.7 Å². The number of benzene rings is 2. The quantitative estimate of drug-likeness (QED) is 0.813. The summed E-state index contributed by atoms with van der Waals surface area (Å²) >= 11 is 0. The summed E-state index contributed by atoms with van der Waals surface area (Å²) in [7, 11) is 0. The van der Waals surface area contributed by atoms with E-state index in [-0.39, 0.29) is 5.56 Å². The number of hydrogen-bond acceptors (Lipinski definition) is 2. The average molecular weight is 335 g/mol. The predicted octanol–water partition coefficient (Wildman–Crippen LogP) is 4.41. The minimum Gasteiger partial charge on any atom is -0.389 e. The maximum Gasteiger partial charge on any atom is 0.416 e. The van der Waals surface area contributed by atoms with Gasteiger partial charge in [0, 0.05) is 17.3 Å². The number of alkyl halides is 3. The molecule has 2 aromatic rings. The molecule has 24 heavy (non-hydrogen) atoms. The maximum atomic E-state index is 12.6. The predicted molar refractivity (Wildman–Crippen MR) is 86.2 cm³/mol. The van der Waals surface area contributed by atoms with E-state index in [0.29, 0.717) is 11.3 Å². The van der Waals surface area contributed by atoms with Gasteiger partial charge in [-0.3, -0.25) is 4.79 Å². The molecular formula is C18H16F3NO2. The molecule has 0 aliphatic rings. The minimum absolute atomic E-state index is 0.267. The number of carbonyl (C=O) groups excluding carboxylic acids is 1. The number of aliphatic hydroxyl groups is 1. The maximum absolute atomic E-state index is 12.6. The molecule has 126 valence electrons. The largest absolute Gasteiger partial charge is 0.416 e. The third-order valence-corrected chi connectivity index (χ3v) is 3.31. The lowest BCUT2D eigenvalue weighted by Gasteiger charge is -2.11. The summed E-state index contributed by atoms with van der Waals surface area (Å²) in [4.78, 5) is 11.9. The van der Waals surface area contributed by atoms with Gasteiger partial charge in [0.1, 0.15) is 0 Å². The normalized spacial score (nSPS) is 13.0. The Morgan fingerprint density at radius 3 is 2.54 bits per heavy atom. The van der Waals surface area contributed by atoms with Gasteiger partial charge in [-0.25, -0.2) is 0 Å². The number of amides is 1. The molecule has 2 rings (SSSR count). The van der Waals surface area contributed by atoms with Crippen LogP contribution < -0.4 is 5.32 Å². The van der Waals surface area contributed by atoms with E-state index in [1.807, 2.05) is 0 Å². The number of aliphatic hydroxyl groups excluding tert-OH is 1. The lowest BCUT2D eigenvalue weighted by atomic mass is 10.1. The highest BCUT2D eigenvalue weighted by molar-refractivity contribution is 6.02. The minimum atomic E-state index is -4.43. The van der Waals surface area contributed by atoms with Crippen LogP contribution in [0.25, 0.3) is 6.08 Å². The van der Waals surface area contributed by atoms with Gasteiger partial charge in [0.2, 0.25) is 5.91 Å². The molecule has 0 bridgehead atoms. The monoisotopic (exact) mass is 335 g/mol. The van der Waals surface area contributed by atoms with Crippen LogP contribution in [0.4, 0.5) is 18.9 Å². The summed E-state index contributed by atoms with van der Waals surface area (Å²) in [5.74, 6) is -0.500. The van der Waals surface area contributed by atoms with Gasteiger partial charge in [0.25, 0.3) is 0 Å². The highest BCUT2D eigenvalue weighted by atomic mass is 19.4. The molecule has 0 aromatic heterocycles. The van der Waals surface area contributed by atoms with Gasteiger partial charge in [-0.2, -0.15) is 13.2 Å². The second kappa shape index (κ2) is 7.31. The van der Waals surface area contributed by atoms with Crippen LogP contribution in [0.15, 0.2) is 54.6 Å². The van der Waals surface area contributed by atoms with E-state index in [1.54, 1.807) is 31.2 Å². The molecular weight excluding hydrogens is 319 g/mol. The second-order valence-electron chi connectivity index (χ2n) is 5.21. The third-order valence-electron chi connectivity index (χ3n) is 3.31. The van der Waals surface area contributed by atoms with Crippen molar-refractivity contribution in [1.82, 2.24) is 0 Å². The summed E-state index contributed by atoms with van der Waals surface area (Å²) in [6.07, 6.45) is -2.74. The SMILES string of the molecule is CC(O)c1ccccc1NC(=O)/C=C/c1cccc(C(F)(F)F)c1. The summed E-state index contributed by atoms with van der Waals surface area (Å²) in [6, 6.07) is 11.4. The van der Waals surface area contributed by atoms with Crippen LogP contribution in [-0.4, -0.2) is 11.0 Å². The van der Waals surface area contributed by atoms with E-state index in [2.05, 4.69) is 5.32 Å². The number of rotatable bonds is 4. The molecule has 0 saturated heterocycles. The van der Waals surface area contributed by atoms with Crippen LogP contribution >= 0.6 is 0 Å². The third kappa shape index (κ3) is 4.70. The van der Waals surface area contributed by atoms with Crippen molar-refractivity contribution in [1.29, 1.82) is 0 Å². The number of hydrogen-bond donors (Lipinski definition) is 2. The molecule has 1 unspecified atom stereocenters. The summed E-state index contributed by atoms with van der Waals surface area (Å²) in [6.45, 7) is 1.57. The zero-order valence-corrected chi connectivity index (χ0v) is 12.8. The van der Waals surface area contributed by atoms with Crippen molar-refractivity contribution < 1.29 is 23.1 Å². The zero-order valence-electron chi connectivity index (χ0n) is 12.8. The van der Waals surface area contributed by atoms with Crippen molar-refractivity contribution in [3.63, 3.8) is 0 Å². The first-order valence-corrected chi connectivity index (χ1v) is 7.20. The Labute approximate surface area is 137 Å². The molecule has 0 radical (unpaired) electrons.